The van der Waals surface area contributed by atoms with Gasteiger partial charge in [0.1, 0.15) is 5.82 Å². The SMILES string of the molecule is Fc1cccc(-c2cccc(-c3nc(-c4cc(-n5c6ccccc6c6cc(-c7ccc8c(c7)c7ccccc7n8-c7ccccc7)ccc65)cc(-n5c6ccccc6c6cc(-c7ccc8c(c7)c7ccccc7n8-c7ccccc7)ccc65)c4)c4c(ccc5ccccc54)n3)c2)c1. The van der Waals surface area contributed by atoms with E-state index in [0.29, 0.717) is 5.82 Å². The summed E-state index contributed by atoms with van der Waals surface area (Å²) in [5.74, 6) is 0.285. The van der Waals surface area contributed by atoms with Crippen molar-refractivity contribution >= 4 is 109 Å². The van der Waals surface area contributed by atoms with E-state index < -0.39 is 0 Å². The first-order valence-corrected chi connectivity index (χ1v) is 33.0. The quantitative estimate of drug-likeness (QED) is 0.135. The van der Waals surface area contributed by atoms with Crippen LogP contribution in [0.4, 0.5) is 4.39 Å². The minimum absolute atomic E-state index is 0.287. The second kappa shape index (κ2) is 21.5. The maximum atomic E-state index is 14.9. The number of halogens is 1. The second-order valence-corrected chi connectivity index (χ2v) is 25.4. The first kappa shape index (κ1) is 54.6. The fourth-order valence-corrected chi connectivity index (χ4v) is 15.6. The summed E-state index contributed by atoms with van der Waals surface area (Å²) in [5.41, 5.74) is 22.9. The molecule has 97 heavy (non-hydrogen) atoms. The molecule has 0 unspecified atom stereocenters. The van der Waals surface area contributed by atoms with Gasteiger partial charge in [-0.15, -0.1) is 0 Å². The van der Waals surface area contributed by atoms with Crippen molar-refractivity contribution in [3.8, 4) is 78.8 Å². The number of para-hydroxylation sites is 6. The summed E-state index contributed by atoms with van der Waals surface area (Å²) in [4.78, 5) is 11.1. The van der Waals surface area contributed by atoms with Gasteiger partial charge >= 0.3 is 0 Å². The van der Waals surface area contributed by atoms with Crippen LogP contribution in [0.1, 0.15) is 0 Å². The molecule has 0 aliphatic carbocycles. The fourth-order valence-electron chi connectivity index (χ4n) is 15.6. The average molecular weight is 1240 g/mol. The molecule has 0 fully saturated rings. The van der Waals surface area contributed by atoms with Gasteiger partial charge in [-0.25, -0.2) is 14.4 Å². The third kappa shape index (κ3) is 8.65. The van der Waals surface area contributed by atoms with E-state index in [4.69, 9.17) is 9.97 Å². The molecular formula is C90H55FN6. The van der Waals surface area contributed by atoms with Crippen LogP contribution in [0.2, 0.25) is 0 Å². The maximum absolute atomic E-state index is 14.9. The van der Waals surface area contributed by atoms with Crippen molar-refractivity contribution in [2.75, 3.05) is 0 Å². The predicted molar refractivity (Wildman–Crippen MR) is 402 cm³/mol. The van der Waals surface area contributed by atoms with E-state index in [1.807, 2.05) is 18.2 Å². The molecule has 452 valence electrons. The van der Waals surface area contributed by atoms with Gasteiger partial charge < -0.3 is 18.3 Å². The Morgan fingerprint density at radius 3 is 1.05 bits per heavy atom. The van der Waals surface area contributed by atoms with Crippen molar-refractivity contribution in [1.29, 1.82) is 0 Å². The minimum Gasteiger partial charge on any atom is -0.309 e. The van der Waals surface area contributed by atoms with Gasteiger partial charge in [0.15, 0.2) is 5.82 Å². The Morgan fingerprint density at radius 2 is 0.588 bits per heavy atom. The number of hydrogen-bond acceptors (Lipinski definition) is 2. The maximum Gasteiger partial charge on any atom is 0.160 e. The molecule has 20 aromatic rings. The van der Waals surface area contributed by atoms with Crippen LogP contribution in [0.15, 0.2) is 334 Å². The molecule has 15 aromatic carbocycles. The Hall–Kier alpha value is -13.0. The summed E-state index contributed by atoms with van der Waals surface area (Å²) in [5, 5.41) is 12.6. The normalized spacial score (nSPS) is 12.0. The number of benzene rings is 15. The summed E-state index contributed by atoms with van der Waals surface area (Å²) in [6, 6.07) is 119. The number of fused-ring (bicyclic) bond motifs is 15. The van der Waals surface area contributed by atoms with E-state index in [2.05, 4.69) is 316 Å². The molecule has 0 bridgehead atoms. The highest BCUT2D eigenvalue weighted by molar-refractivity contribution is 6.17. The van der Waals surface area contributed by atoms with E-state index in [-0.39, 0.29) is 5.82 Å². The van der Waals surface area contributed by atoms with E-state index in [0.717, 1.165) is 138 Å². The van der Waals surface area contributed by atoms with Crippen LogP contribution in [0.5, 0.6) is 0 Å². The molecule has 20 rings (SSSR count). The van der Waals surface area contributed by atoms with E-state index >= 15 is 0 Å². The van der Waals surface area contributed by atoms with Gasteiger partial charge in [0.25, 0.3) is 0 Å². The first-order valence-electron chi connectivity index (χ1n) is 33.0. The molecule has 0 amide bonds. The summed E-state index contributed by atoms with van der Waals surface area (Å²) in [6.07, 6.45) is 0. The molecule has 0 N–H and O–H groups in total. The topological polar surface area (TPSA) is 45.5 Å². The second-order valence-electron chi connectivity index (χ2n) is 25.4. The largest absolute Gasteiger partial charge is 0.309 e. The van der Waals surface area contributed by atoms with Crippen molar-refractivity contribution < 1.29 is 4.39 Å². The Bertz CT molecular complexity index is 6350. The zero-order chi connectivity index (χ0) is 63.8. The van der Waals surface area contributed by atoms with Crippen molar-refractivity contribution in [1.82, 2.24) is 28.2 Å². The molecular weight excluding hydrogens is 1180 g/mol. The van der Waals surface area contributed by atoms with Gasteiger partial charge in [-0.3, -0.25) is 0 Å². The Labute approximate surface area is 556 Å². The van der Waals surface area contributed by atoms with E-state index in [9.17, 15) is 4.39 Å². The van der Waals surface area contributed by atoms with Gasteiger partial charge in [-0.1, -0.05) is 194 Å². The smallest absolute Gasteiger partial charge is 0.160 e. The fraction of sp³-hybridized carbons (Fsp3) is 0. The molecule has 0 aliphatic rings. The summed E-state index contributed by atoms with van der Waals surface area (Å²) in [7, 11) is 0. The number of rotatable bonds is 9. The van der Waals surface area contributed by atoms with Gasteiger partial charge in [-0.05, 0) is 184 Å². The molecule has 0 spiro atoms. The van der Waals surface area contributed by atoms with Crippen molar-refractivity contribution in [3.05, 3.63) is 339 Å². The molecule has 0 aliphatic heterocycles. The van der Waals surface area contributed by atoms with Crippen molar-refractivity contribution in [2.45, 2.75) is 0 Å². The lowest BCUT2D eigenvalue weighted by molar-refractivity contribution is 0.628. The lowest BCUT2D eigenvalue weighted by Gasteiger charge is -2.18. The van der Waals surface area contributed by atoms with Crippen molar-refractivity contribution in [2.24, 2.45) is 0 Å². The zero-order valence-corrected chi connectivity index (χ0v) is 52.3. The Balaban J connectivity index is 0.816. The molecule has 0 saturated carbocycles. The molecule has 5 heterocycles. The highest BCUT2D eigenvalue weighted by Gasteiger charge is 2.24. The Kier molecular flexibility index (Phi) is 12.1. The highest BCUT2D eigenvalue weighted by atomic mass is 19.1. The lowest BCUT2D eigenvalue weighted by Crippen LogP contribution is -2.02. The van der Waals surface area contributed by atoms with Crippen LogP contribution in [-0.2, 0) is 0 Å². The van der Waals surface area contributed by atoms with E-state index in [1.54, 1.807) is 12.1 Å². The molecule has 5 aromatic heterocycles. The van der Waals surface area contributed by atoms with Gasteiger partial charge in [0.05, 0.1) is 55.3 Å². The van der Waals surface area contributed by atoms with Crippen LogP contribution < -0.4 is 0 Å². The van der Waals surface area contributed by atoms with Crippen molar-refractivity contribution in [3.63, 3.8) is 0 Å². The number of aromatic nitrogens is 6. The lowest BCUT2D eigenvalue weighted by atomic mass is 9.98. The summed E-state index contributed by atoms with van der Waals surface area (Å²) in [6.45, 7) is 0. The van der Waals surface area contributed by atoms with Crippen LogP contribution in [0.25, 0.3) is 188 Å². The summed E-state index contributed by atoms with van der Waals surface area (Å²) >= 11 is 0. The number of nitrogens with zero attached hydrogens (tertiary/aromatic N) is 6. The zero-order valence-electron chi connectivity index (χ0n) is 52.3. The first-order chi connectivity index (χ1) is 48.0. The summed E-state index contributed by atoms with van der Waals surface area (Å²) < 4.78 is 24.5. The predicted octanol–water partition coefficient (Wildman–Crippen LogP) is 23.6. The Morgan fingerprint density at radius 1 is 0.216 bits per heavy atom. The van der Waals surface area contributed by atoms with E-state index in [1.165, 1.54) is 49.7 Å². The van der Waals surface area contributed by atoms with Crippen LogP contribution in [0.3, 0.4) is 0 Å². The molecule has 7 heteroatoms. The highest BCUT2D eigenvalue weighted by Crippen LogP contribution is 2.45. The third-order valence-corrected chi connectivity index (χ3v) is 19.9. The third-order valence-electron chi connectivity index (χ3n) is 19.9. The monoisotopic (exact) mass is 1240 g/mol. The van der Waals surface area contributed by atoms with Gasteiger partial charge in [0, 0.05) is 82.4 Å². The standard InChI is InChI=1S/C90H55FN6/c91-65-23-18-21-58(48-65)57-20-17-22-63(47-57)90-92-79-42-37-56-19-7-8-28-70(56)88(79)89(93-90)64-49-68(96-82-35-15-11-31-73(82)77-53-61(40-45-86(77)96)59-38-43-84-75(51-59)71-29-9-13-33-80(71)94(84)66-24-3-1-4-25-66)55-69(50-64)97-83-36-16-12-32-74(83)78-54-62(41-46-87(78)97)60-39-44-85-76(52-60)72-30-10-14-34-81(72)95(85)67-26-5-2-6-27-67/h1-55H. The van der Waals surface area contributed by atoms with Gasteiger partial charge in [0.2, 0.25) is 0 Å². The average Bonchev–Trinajstić information content (AvgIpc) is 1.67. The molecule has 0 saturated heterocycles. The minimum atomic E-state index is -0.287. The molecule has 6 nitrogen and oxygen atoms in total. The number of hydrogen-bond donors (Lipinski definition) is 0. The van der Waals surface area contributed by atoms with Crippen LogP contribution in [-0.4, -0.2) is 28.2 Å². The van der Waals surface area contributed by atoms with Gasteiger partial charge in [-0.2, -0.15) is 0 Å². The van der Waals surface area contributed by atoms with Crippen LogP contribution >= 0.6 is 0 Å². The molecule has 0 radical (unpaired) electrons. The van der Waals surface area contributed by atoms with Crippen LogP contribution in [0, 0.1) is 5.82 Å². The molecule has 0 atom stereocenters.